The summed E-state index contributed by atoms with van der Waals surface area (Å²) >= 11 is 7.15. The molecule has 2 aromatic rings. The molecule has 6 heteroatoms. The molecule has 0 saturated heterocycles. The van der Waals surface area contributed by atoms with E-state index in [-0.39, 0.29) is 6.54 Å². The summed E-state index contributed by atoms with van der Waals surface area (Å²) in [6.45, 7) is 0.280. The van der Waals surface area contributed by atoms with Crippen LogP contribution < -0.4 is 5.73 Å². The zero-order chi connectivity index (χ0) is 9.26. The average Bonchev–Trinajstić information content (AvgIpc) is 2.71. The van der Waals surface area contributed by atoms with E-state index in [9.17, 15) is 0 Å². The summed E-state index contributed by atoms with van der Waals surface area (Å²) < 4.78 is 5.66. The van der Waals surface area contributed by atoms with E-state index in [4.69, 9.17) is 21.9 Å². The summed E-state index contributed by atoms with van der Waals surface area (Å²) in [5, 5.41) is 3.67. The largest absolute Gasteiger partial charge is 0.333 e. The molecule has 0 unspecified atom stereocenters. The van der Waals surface area contributed by atoms with Crippen LogP contribution in [-0.4, -0.2) is 10.1 Å². The molecule has 4 nitrogen and oxygen atoms in total. The van der Waals surface area contributed by atoms with Crippen molar-refractivity contribution >= 4 is 22.9 Å². The van der Waals surface area contributed by atoms with E-state index in [0.29, 0.717) is 16.1 Å². The highest BCUT2D eigenvalue weighted by atomic mass is 35.5. The van der Waals surface area contributed by atoms with Crippen LogP contribution in [0.5, 0.6) is 0 Å². The first kappa shape index (κ1) is 8.68. The molecule has 0 aliphatic heterocycles. The predicted molar refractivity (Wildman–Crippen MR) is 50.5 cm³/mol. The summed E-state index contributed by atoms with van der Waals surface area (Å²) in [7, 11) is 0. The molecule has 0 atom stereocenters. The summed E-state index contributed by atoms with van der Waals surface area (Å²) in [6.07, 6.45) is 0. The second kappa shape index (κ2) is 3.45. The lowest BCUT2D eigenvalue weighted by atomic mass is 10.5. The Bertz CT molecular complexity index is 411. The van der Waals surface area contributed by atoms with E-state index in [2.05, 4.69) is 10.1 Å². The van der Waals surface area contributed by atoms with Gasteiger partial charge in [0, 0.05) is 0 Å². The molecule has 0 saturated carbocycles. The molecule has 0 radical (unpaired) electrons. The maximum atomic E-state index is 5.75. The minimum Gasteiger partial charge on any atom is -0.333 e. The van der Waals surface area contributed by atoms with Gasteiger partial charge in [0.05, 0.1) is 15.8 Å². The van der Waals surface area contributed by atoms with Crippen molar-refractivity contribution in [3.8, 4) is 10.8 Å². The van der Waals surface area contributed by atoms with E-state index >= 15 is 0 Å². The van der Waals surface area contributed by atoms with Gasteiger partial charge in [0.15, 0.2) is 5.82 Å². The summed E-state index contributed by atoms with van der Waals surface area (Å²) in [4.78, 5) is 4.92. The smallest absolute Gasteiger partial charge is 0.268 e. The number of hydrogen-bond donors (Lipinski definition) is 1. The van der Waals surface area contributed by atoms with Crippen molar-refractivity contribution in [2.24, 2.45) is 5.73 Å². The summed E-state index contributed by atoms with van der Waals surface area (Å²) in [5.74, 6) is 0.969. The van der Waals surface area contributed by atoms with Crippen molar-refractivity contribution in [1.29, 1.82) is 0 Å². The topological polar surface area (TPSA) is 64.9 Å². The molecular weight excluding hydrogens is 210 g/mol. The first-order valence-corrected chi connectivity index (χ1v) is 4.77. The van der Waals surface area contributed by atoms with Crippen molar-refractivity contribution in [2.75, 3.05) is 0 Å². The fourth-order valence-corrected chi connectivity index (χ4v) is 1.83. The third kappa shape index (κ3) is 1.72. The first-order chi connectivity index (χ1) is 6.29. The molecule has 0 fully saturated rings. The monoisotopic (exact) mass is 215 g/mol. The van der Waals surface area contributed by atoms with E-state index < -0.39 is 0 Å². The average molecular weight is 216 g/mol. The highest BCUT2D eigenvalue weighted by Crippen LogP contribution is 2.29. The molecule has 2 aromatic heterocycles. The number of nitrogens with two attached hydrogens (primary N) is 1. The van der Waals surface area contributed by atoms with Crippen LogP contribution in [0.3, 0.4) is 0 Å². The second-order valence-electron chi connectivity index (χ2n) is 2.32. The molecule has 2 heterocycles. The minimum absolute atomic E-state index is 0.280. The van der Waals surface area contributed by atoms with Crippen LogP contribution in [0.2, 0.25) is 4.34 Å². The number of thiophene rings is 1. The fraction of sp³-hybridized carbons (Fsp3) is 0.143. The van der Waals surface area contributed by atoms with E-state index in [0.717, 1.165) is 4.88 Å². The zero-order valence-corrected chi connectivity index (χ0v) is 8.10. The van der Waals surface area contributed by atoms with Gasteiger partial charge in [-0.3, -0.25) is 0 Å². The van der Waals surface area contributed by atoms with E-state index in [1.807, 2.05) is 6.07 Å². The Hall–Kier alpha value is -0.910. The summed E-state index contributed by atoms with van der Waals surface area (Å²) in [5.41, 5.74) is 5.34. The molecule has 13 heavy (non-hydrogen) atoms. The normalized spacial score (nSPS) is 10.6. The van der Waals surface area contributed by atoms with Crippen molar-refractivity contribution in [3.05, 3.63) is 22.3 Å². The Morgan fingerprint density at radius 3 is 2.92 bits per heavy atom. The van der Waals surface area contributed by atoms with Crippen LogP contribution in [-0.2, 0) is 6.54 Å². The Balaban J connectivity index is 2.35. The van der Waals surface area contributed by atoms with Gasteiger partial charge in [-0.15, -0.1) is 11.3 Å². The third-order valence-electron chi connectivity index (χ3n) is 1.43. The molecule has 2 N–H and O–H groups in total. The molecule has 0 aliphatic rings. The standard InChI is InChI=1S/C7H6ClN3OS/c8-5-2-1-4(13-5)7-10-6(3-9)11-12-7/h1-2H,3,9H2. The van der Waals surface area contributed by atoms with Crippen LogP contribution in [0.25, 0.3) is 10.8 Å². The number of hydrogen-bond acceptors (Lipinski definition) is 5. The van der Waals surface area contributed by atoms with Gasteiger partial charge >= 0.3 is 0 Å². The lowest BCUT2D eigenvalue weighted by Crippen LogP contribution is -1.97. The predicted octanol–water partition coefficient (Wildman–Crippen LogP) is 1.91. The highest BCUT2D eigenvalue weighted by molar-refractivity contribution is 7.19. The van der Waals surface area contributed by atoms with Gasteiger partial charge < -0.3 is 10.3 Å². The number of nitrogens with zero attached hydrogens (tertiary/aromatic N) is 2. The highest BCUT2D eigenvalue weighted by Gasteiger charge is 2.09. The fourth-order valence-electron chi connectivity index (χ4n) is 0.866. The number of halogens is 1. The molecule has 0 bridgehead atoms. The maximum Gasteiger partial charge on any atom is 0.268 e. The Labute approximate surface area is 83.3 Å². The Morgan fingerprint density at radius 1 is 1.54 bits per heavy atom. The first-order valence-electron chi connectivity index (χ1n) is 3.58. The lowest BCUT2D eigenvalue weighted by molar-refractivity contribution is 0.423. The van der Waals surface area contributed by atoms with E-state index in [1.165, 1.54) is 11.3 Å². The lowest BCUT2D eigenvalue weighted by Gasteiger charge is -1.82. The van der Waals surface area contributed by atoms with Crippen molar-refractivity contribution in [3.63, 3.8) is 0 Å². The SMILES string of the molecule is NCc1noc(-c2ccc(Cl)s2)n1. The molecule has 0 amide bonds. The van der Waals surface area contributed by atoms with Gasteiger partial charge in [-0.25, -0.2) is 0 Å². The van der Waals surface area contributed by atoms with Crippen LogP contribution in [0.1, 0.15) is 5.82 Å². The van der Waals surface area contributed by atoms with Gasteiger partial charge in [-0.1, -0.05) is 16.8 Å². The molecule has 0 aliphatic carbocycles. The summed E-state index contributed by atoms with van der Waals surface area (Å²) in [6, 6.07) is 3.62. The molecular formula is C7H6ClN3OS. The van der Waals surface area contributed by atoms with Gasteiger partial charge in [0.1, 0.15) is 0 Å². The van der Waals surface area contributed by atoms with Gasteiger partial charge in [-0.2, -0.15) is 4.98 Å². The molecule has 2 rings (SSSR count). The van der Waals surface area contributed by atoms with Crippen molar-refractivity contribution < 1.29 is 4.52 Å². The third-order valence-corrected chi connectivity index (χ3v) is 2.65. The quantitative estimate of drug-likeness (QED) is 0.831. The second-order valence-corrected chi connectivity index (χ2v) is 4.04. The number of aromatic nitrogens is 2. The molecule has 0 aromatic carbocycles. The molecule has 68 valence electrons. The van der Waals surface area contributed by atoms with Crippen LogP contribution in [0.4, 0.5) is 0 Å². The van der Waals surface area contributed by atoms with Crippen molar-refractivity contribution in [1.82, 2.24) is 10.1 Å². The maximum absolute atomic E-state index is 5.75. The van der Waals surface area contributed by atoms with Gasteiger partial charge in [0.25, 0.3) is 5.89 Å². The van der Waals surface area contributed by atoms with Crippen LogP contribution in [0.15, 0.2) is 16.7 Å². The number of rotatable bonds is 2. The zero-order valence-electron chi connectivity index (χ0n) is 6.53. The Morgan fingerprint density at radius 2 is 2.38 bits per heavy atom. The molecule has 0 spiro atoms. The van der Waals surface area contributed by atoms with E-state index in [1.54, 1.807) is 6.07 Å². The van der Waals surface area contributed by atoms with Gasteiger partial charge in [0.2, 0.25) is 0 Å². The van der Waals surface area contributed by atoms with Crippen LogP contribution in [0, 0.1) is 0 Å². The Kier molecular flexibility index (Phi) is 2.30. The van der Waals surface area contributed by atoms with Gasteiger partial charge in [-0.05, 0) is 12.1 Å². The minimum atomic E-state index is 0.280. The van der Waals surface area contributed by atoms with Crippen LogP contribution >= 0.6 is 22.9 Å². The van der Waals surface area contributed by atoms with Crippen molar-refractivity contribution in [2.45, 2.75) is 6.54 Å².